The number of nitrogens with zero attached hydrogens (tertiary/aromatic N) is 3. The zero-order chi connectivity index (χ0) is 30.0. The molecule has 2 atom stereocenters. The van der Waals surface area contributed by atoms with Crippen molar-refractivity contribution in [2.75, 3.05) is 26.7 Å². The van der Waals surface area contributed by atoms with E-state index in [1.54, 1.807) is 7.11 Å². The van der Waals surface area contributed by atoms with Crippen LogP contribution in [0.5, 0.6) is 5.75 Å². The Hall–Kier alpha value is -3.26. The van der Waals surface area contributed by atoms with Gasteiger partial charge in [-0.1, -0.05) is 25.8 Å². The first kappa shape index (κ1) is 29.8. The maximum absolute atomic E-state index is 13.7. The zero-order valence-corrected chi connectivity index (χ0v) is 26.1. The summed E-state index contributed by atoms with van der Waals surface area (Å²) >= 11 is 0. The maximum Gasteiger partial charge on any atom is 0.224 e. The fourth-order valence-electron chi connectivity index (χ4n) is 6.97. The molecule has 2 N–H and O–H groups in total. The normalized spacial score (nSPS) is 20.3. The van der Waals surface area contributed by atoms with Gasteiger partial charge in [0, 0.05) is 48.0 Å². The third-order valence-corrected chi connectivity index (χ3v) is 10.1. The summed E-state index contributed by atoms with van der Waals surface area (Å²) in [5, 5.41) is 4.44. The molecule has 1 spiro atoms. The number of hydrogen-bond donors (Lipinski definition) is 2. The summed E-state index contributed by atoms with van der Waals surface area (Å²) in [7, 11) is 1.67. The number of unbranched alkanes of at least 4 members (excludes halogenated alkanes) is 2. The summed E-state index contributed by atoms with van der Waals surface area (Å²) in [5.74, 6) is 3.01. The molecule has 43 heavy (non-hydrogen) atoms. The van der Waals surface area contributed by atoms with E-state index in [-0.39, 0.29) is 23.3 Å². The molecule has 2 saturated carbocycles. The van der Waals surface area contributed by atoms with Crippen molar-refractivity contribution in [3.05, 3.63) is 42.0 Å². The van der Waals surface area contributed by atoms with Crippen molar-refractivity contribution in [2.45, 2.75) is 90.5 Å². The van der Waals surface area contributed by atoms with E-state index in [2.05, 4.69) is 32.3 Å². The number of ether oxygens (including phenoxy) is 1. The lowest BCUT2D eigenvalue weighted by Gasteiger charge is -2.33. The van der Waals surface area contributed by atoms with E-state index in [1.807, 2.05) is 32.2 Å². The molecule has 2 aromatic heterocycles. The molecule has 1 aliphatic heterocycles. The number of aromatic amines is 1. The Kier molecular flexibility index (Phi) is 8.85. The van der Waals surface area contributed by atoms with Crippen molar-refractivity contribution in [1.82, 2.24) is 25.2 Å². The van der Waals surface area contributed by atoms with Crippen LogP contribution in [0.25, 0.3) is 22.2 Å². The molecule has 1 amide bonds. The number of H-pyrrole nitrogens is 1. The molecule has 2 aliphatic carbocycles. The molecular weight excluding hydrogens is 538 g/mol. The topological polar surface area (TPSA) is 100 Å². The quantitative estimate of drug-likeness (QED) is 0.208. The first-order chi connectivity index (χ1) is 20.9. The van der Waals surface area contributed by atoms with Crippen molar-refractivity contribution in [3.63, 3.8) is 0 Å². The number of piperidine rings is 1. The number of methoxy groups -OCH3 is 1. The molecule has 3 aromatic rings. The number of imidazole rings is 1. The first-order valence-corrected chi connectivity index (χ1v) is 16.4. The largest absolute Gasteiger partial charge is 0.496 e. The lowest BCUT2D eigenvalue weighted by molar-refractivity contribution is -0.124. The Bertz CT molecular complexity index is 1450. The predicted molar refractivity (Wildman–Crippen MR) is 169 cm³/mol. The van der Waals surface area contributed by atoms with E-state index >= 15 is 0 Å². The van der Waals surface area contributed by atoms with Gasteiger partial charge in [-0.15, -0.1) is 0 Å². The van der Waals surface area contributed by atoms with E-state index in [1.165, 1.54) is 19.4 Å². The summed E-state index contributed by atoms with van der Waals surface area (Å²) < 4.78 is 5.75. The van der Waals surface area contributed by atoms with Crippen LogP contribution in [0.15, 0.2) is 30.5 Å². The fraction of sp³-hybridized carbons (Fsp3) is 0.600. The Morgan fingerprint density at radius 3 is 2.72 bits per heavy atom. The number of aromatic nitrogens is 3. The van der Waals surface area contributed by atoms with Crippen molar-refractivity contribution in [2.24, 2.45) is 17.3 Å². The minimum absolute atomic E-state index is 0.103. The predicted octanol–water partition coefficient (Wildman–Crippen LogP) is 6.54. The number of pyridine rings is 1. The number of carbonyl (C=O) groups is 2. The number of rotatable bonds is 14. The number of hydrogen-bond acceptors (Lipinski definition) is 6. The van der Waals surface area contributed by atoms with Crippen molar-refractivity contribution in [1.29, 1.82) is 0 Å². The molecule has 230 valence electrons. The summed E-state index contributed by atoms with van der Waals surface area (Å²) in [6.07, 6.45) is 12.7. The smallest absolute Gasteiger partial charge is 0.224 e. The summed E-state index contributed by atoms with van der Waals surface area (Å²) in [6, 6.07) is 7.94. The van der Waals surface area contributed by atoms with E-state index < -0.39 is 0 Å². The standard InChI is InChI=1S/C35H47N5O3/c1-4-26(41)8-6-5-7-9-29(39-34(42)28-20-35(28)14-16-40(17-15-35)22-24-11-12-24)33-36-21-31(38-33)27-18-25-13-10-23(2)37-30(25)19-32(27)43-3/h10,13,18-19,21,24,28-29H,4-9,11-12,14-17,20,22H2,1-3H3,(H,36,38)(H,39,42)/t28-,29?/m1/s1. The Labute approximate surface area is 255 Å². The van der Waals surface area contributed by atoms with Crippen molar-refractivity contribution in [3.8, 4) is 17.0 Å². The summed E-state index contributed by atoms with van der Waals surface area (Å²) in [6.45, 7) is 7.41. The molecular formula is C35H47N5O3. The second-order valence-corrected chi connectivity index (χ2v) is 13.3. The average Bonchev–Trinajstić information content (AvgIpc) is 3.92. The van der Waals surface area contributed by atoms with Crippen molar-refractivity contribution < 1.29 is 14.3 Å². The van der Waals surface area contributed by atoms with Crippen LogP contribution in [0.1, 0.15) is 95.1 Å². The van der Waals surface area contributed by atoms with Gasteiger partial charge < -0.3 is 19.9 Å². The zero-order valence-electron chi connectivity index (χ0n) is 26.1. The average molecular weight is 586 g/mol. The molecule has 3 fully saturated rings. The summed E-state index contributed by atoms with van der Waals surface area (Å²) in [5.41, 5.74) is 3.82. The number of nitrogens with one attached hydrogen (secondary N) is 2. The molecule has 1 unspecified atom stereocenters. The molecule has 3 heterocycles. The highest BCUT2D eigenvalue weighted by molar-refractivity contribution is 5.87. The fourth-order valence-corrected chi connectivity index (χ4v) is 6.97. The highest BCUT2D eigenvalue weighted by Crippen LogP contribution is 2.59. The number of amides is 1. The maximum atomic E-state index is 13.7. The van der Waals surface area contributed by atoms with E-state index in [0.29, 0.717) is 18.6 Å². The number of Topliss-reactive ketones (excluding diaryl/α,β-unsaturated/α-hetero) is 1. The number of aryl methyl sites for hydroxylation is 1. The second-order valence-electron chi connectivity index (χ2n) is 13.3. The van der Waals surface area contributed by atoms with Crippen LogP contribution in [-0.2, 0) is 9.59 Å². The monoisotopic (exact) mass is 585 g/mol. The minimum Gasteiger partial charge on any atom is -0.496 e. The molecule has 6 rings (SSSR count). The molecule has 1 saturated heterocycles. The van der Waals surface area contributed by atoms with E-state index in [9.17, 15) is 9.59 Å². The number of likely N-dealkylation sites (tertiary alicyclic amines) is 1. The highest BCUT2D eigenvalue weighted by Gasteiger charge is 2.58. The number of benzene rings is 1. The van der Waals surface area contributed by atoms with E-state index in [0.717, 1.165) is 103 Å². The Morgan fingerprint density at radius 1 is 1.16 bits per heavy atom. The van der Waals surface area contributed by atoms with Gasteiger partial charge >= 0.3 is 0 Å². The van der Waals surface area contributed by atoms with Gasteiger partial charge in [0.05, 0.1) is 30.6 Å². The first-order valence-electron chi connectivity index (χ1n) is 16.4. The van der Waals surface area contributed by atoms with Crippen LogP contribution < -0.4 is 10.1 Å². The van der Waals surface area contributed by atoms with Gasteiger partial charge in [0.15, 0.2) is 0 Å². The summed E-state index contributed by atoms with van der Waals surface area (Å²) in [4.78, 5) is 41.0. The van der Waals surface area contributed by atoms with Gasteiger partial charge in [0.1, 0.15) is 17.4 Å². The van der Waals surface area contributed by atoms with Crippen LogP contribution >= 0.6 is 0 Å². The molecule has 8 heteroatoms. The van der Waals surface area contributed by atoms with Crippen LogP contribution in [0.2, 0.25) is 0 Å². The minimum atomic E-state index is -0.202. The number of fused-ring (bicyclic) bond motifs is 1. The number of carbonyl (C=O) groups excluding carboxylic acids is 2. The van der Waals surface area contributed by atoms with Gasteiger partial charge in [-0.05, 0) is 88.4 Å². The van der Waals surface area contributed by atoms with Gasteiger partial charge in [-0.2, -0.15) is 0 Å². The number of ketones is 1. The second kappa shape index (κ2) is 12.8. The highest BCUT2D eigenvalue weighted by atomic mass is 16.5. The Balaban J connectivity index is 1.15. The molecule has 1 aromatic carbocycles. The Morgan fingerprint density at radius 2 is 1.98 bits per heavy atom. The lowest BCUT2D eigenvalue weighted by Crippen LogP contribution is -2.38. The lowest BCUT2D eigenvalue weighted by atomic mass is 9.90. The van der Waals surface area contributed by atoms with Gasteiger partial charge in [-0.3, -0.25) is 14.6 Å². The van der Waals surface area contributed by atoms with Gasteiger partial charge in [-0.25, -0.2) is 4.98 Å². The van der Waals surface area contributed by atoms with Crippen LogP contribution in [-0.4, -0.2) is 58.3 Å². The van der Waals surface area contributed by atoms with Crippen molar-refractivity contribution >= 4 is 22.6 Å². The van der Waals surface area contributed by atoms with Crippen LogP contribution in [0.3, 0.4) is 0 Å². The SMILES string of the molecule is CCC(=O)CCCCCC(NC(=O)[C@H]1CC12CCN(CC1CC1)CC2)c1ncc(-c2cc3ccc(C)nc3cc2OC)[nH]1. The van der Waals surface area contributed by atoms with E-state index in [4.69, 9.17) is 9.72 Å². The van der Waals surface area contributed by atoms with Crippen LogP contribution in [0, 0.1) is 24.2 Å². The molecule has 3 aliphatic rings. The van der Waals surface area contributed by atoms with Gasteiger partial charge in [0.2, 0.25) is 5.91 Å². The third kappa shape index (κ3) is 6.95. The molecule has 0 radical (unpaired) electrons. The molecule has 0 bridgehead atoms. The molecule has 8 nitrogen and oxygen atoms in total. The van der Waals surface area contributed by atoms with Gasteiger partial charge in [0.25, 0.3) is 0 Å². The third-order valence-electron chi connectivity index (χ3n) is 10.1. The van der Waals surface area contributed by atoms with Crippen LogP contribution in [0.4, 0.5) is 0 Å².